The van der Waals surface area contributed by atoms with Gasteiger partial charge in [0.2, 0.25) is 17.7 Å². The molecule has 0 bridgehead atoms. The first kappa shape index (κ1) is 25.9. The van der Waals surface area contributed by atoms with Crippen molar-refractivity contribution in [3.8, 4) is 5.75 Å². The number of pyridine rings is 1. The number of hydrogen-bond acceptors (Lipinski definition) is 6. The zero-order valence-corrected chi connectivity index (χ0v) is 20.8. The van der Waals surface area contributed by atoms with E-state index >= 15 is 0 Å². The maximum Gasteiger partial charge on any atom is 0.243 e. The van der Waals surface area contributed by atoms with Gasteiger partial charge in [-0.15, -0.1) is 0 Å². The van der Waals surface area contributed by atoms with Crippen molar-refractivity contribution >= 4 is 17.7 Å². The Labute approximate surface area is 202 Å². The molecule has 0 unspecified atom stereocenters. The lowest BCUT2D eigenvalue weighted by Gasteiger charge is -2.30. The van der Waals surface area contributed by atoms with Crippen molar-refractivity contribution in [2.24, 2.45) is 11.8 Å². The molecule has 3 rings (SSSR count). The Balaban J connectivity index is 1.78. The summed E-state index contributed by atoms with van der Waals surface area (Å²) in [5.74, 6) is 0.567. The van der Waals surface area contributed by atoms with Crippen molar-refractivity contribution < 1.29 is 19.1 Å². The second-order valence-electron chi connectivity index (χ2n) is 9.78. The van der Waals surface area contributed by atoms with Gasteiger partial charge in [-0.1, -0.05) is 13.8 Å². The zero-order valence-electron chi connectivity index (χ0n) is 20.8. The standard InChI is InChI=1S/C25H39N5O4/c1-16(2)15-20-24(32)28-12-5-7-19-21(8-6-11-26-19)34-14-13-27-22(18-9-10-18)25(33)30(4)17(3)23(31)29-20/h6,8,11,16-18,20,22,27H,5,7,9-10,12-15H2,1-4H3,(H,28,32)(H,29,31)/t17-,20-,22+/m1/s1. The number of carbonyl (C=O) groups excluding carboxylic acids is 3. The van der Waals surface area contributed by atoms with E-state index in [1.165, 1.54) is 4.90 Å². The Hall–Kier alpha value is -2.68. The fourth-order valence-electron chi connectivity index (χ4n) is 4.17. The molecule has 3 atom stereocenters. The van der Waals surface area contributed by atoms with Gasteiger partial charge in [0.05, 0.1) is 11.7 Å². The number of fused-ring (bicyclic) bond motifs is 1. The number of aromatic nitrogens is 1. The molecule has 0 radical (unpaired) electrons. The van der Waals surface area contributed by atoms with Crippen molar-refractivity contribution in [3.63, 3.8) is 0 Å². The van der Waals surface area contributed by atoms with Crippen LogP contribution in [0.1, 0.15) is 52.1 Å². The molecular formula is C25H39N5O4. The molecule has 34 heavy (non-hydrogen) atoms. The summed E-state index contributed by atoms with van der Waals surface area (Å²) >= 11 is 0. The largest absolute Gasteiger partial charge is 0.490 e. The number of hydrogen-bond donors (Lipinski definition) is 3. The van der Waals surface area contributed by atoms with Gasteiger partial charge in [-0.05, 0) is 63.0 Å². The van der Waals surface area contributed by atoms with Crippen LogP contribution in [-0.4, -0.2) is 72.5 Å². The third-order valence-corrected chi connectivity index (χ3v) is 6.47. The minimum absolute atomic E-state index is 0.113. The number of carbonyl (C=O) groups is 3. The van der Waals surface area contributed by atoms with Gasteiger partial charge in [-0.3, -0.25) is 19.4 Å². The van der Waals surface area contributed by atoms with Crippen LogP contribution in [0.5, 0.6) is 5.75 Å². The molecule has 1 aromatic rings. The summed E-state index contributed by atoms with van der Waals surface area (Å²) in [4.78, 5) is 45.1. The van der Waals surface area contributed by atoms with Crippen LogP contribution in [-0.2, 0) is 20.8 Å². The number of amides is 3. The van der Waals surface area contributed by atoms with E-state index in [2.05, 4.69) is 20.9 Å². The number of ether oxygens (including phenoxy) is 1. The van der Waals surface area contributed by atoms with Crippen LogP contribution < -0.4 is 20.7 Å². The third-order valence-electron chi connectivity index (χ3n) is 6.47. The van der Waals surface area contributed by atoms with Gasteiger partial charge in [0.25, 0.3) is 0 Å². The molecule has 1 aliphatic heterocycles. The number of nitrogens with zero attached hydrogens (tertiary/aromatic N) is 2. The summed E-state index contributed by atoms with van der Waals surface area (Å²) in [6, 6.07) is 2.04. The molecule has 0 aromatic carbocycles. The van der Waals surface area contributed by atoms with Gasteiger partial charge in [0.1, 0.15) is 24.4 Å². The average molecular weight is 474 g/mol. The van der Waals surface area contributed by atoms with E-state index in [0.717, 1.165) is 24.3 Å². The predicted octanol–water partition coefficient (Wildman–Crippen LogP) is 1.27. The summed E-state index contributed by atoms with van der Waals surface area (Å²) in [5.41, 5.74) is 0.841. The average Bonchev–Trinajstić information content (AvgIpc) is 3.65. The summed E-state index contributed by atoms with van der Waals surface area (Å²) in [6.07, 6.45) is 5.60. The Morgan fingerprint density at radius 3 is 2.65 bits per heavy atom. The molecule has 1 saturated carbocycles. The molecule has 9 nitrogen and oxygen atoms in total. The van der Waals surface area contributed by atoms with Crippen molar-refractivity contribution in [1.29, 1.82) is 0 Å². The van der Waals surface area contributed by atoms with E-state index in [-0.39, 0.29) is 35.6 Å². The van der Waals surface area contributed by atoms with Gasteiger partial charge in [0.15, 0.2) is 0 Å². The monoisotopic (exact) mass is 473 g/mol. The van der Waals surface area contributed by atoms with E-state index < -0.39 is 12.1 Å². The first-order chi connectivity index (χ1) is 16.3. The van der Waals surface area contributed by atoms with Gasteiger partial charge < -0.3 is 25.6 Å². The zero-order chi connectivity index (χ0) is 24.7. The molecule has 0 saturated heterocycles. The first-order valence-electron chi connectivity index (χ1n) is 12.4. The number of nitrogens with one attached hydrogen (secondary N) is 3. The van der Waals surface area contributed by atoms with Crippen molar-refractivity contribution in [3.05, 3.63) is 24.0 Å². The van der Waals surface area contributed by atoms with Crippen LogP contribution in [0, 0.1) is 11.8 Å². The Bertz CT molecular complexity index is 857. The molecule has 3 N–H and O–H groups in total. The van der Waals surface area contributed by atoms with E-state index in [1.54, 1.807) is 20.2 Å². The lowest BCUT2D eigenvalue weighted by atomic mass is 10.0. The highest BCUT2D eigenvalue weighted by atomic mass is 16.5. The van der Waals surface area contributed by atoms with E-state index in [1.807, 2.05) is 26.0 Å². The Kier molecular flexibility index (Phi) is 9.27. The second kappa shape index (κ2) is 12.1. The molecule has 1 fully saturated rings. The first-order valence-corrected chi connectivity index (χ1v) is 12.4. The lowest BCUT2D eigenvalue weighted by Crippen LogP contribution is -2.56. The molecule has 188 valence electrons. The third kappa shape index (κ3) is 7.16. The van der Waals surface area contributed by atoms with Gasteiger partial charge in [0, 0.05) is 26.3 Å². The van der Waals surface area contributed by atoms with E-state index in [4.69, 9.17) is 4.74 Å². The quantitative estimate of drug-likeness (QED) is 0.610. The molecule has 9 heteroatoms. The lowest BCUT2D eigenvalue weighted by molar-refractivity contribution is -0.141. The van der Waals surface area contributed by atoms with Crippen molar-refractivity contribution in [2.45, 2.75) is 71.0 Å². The topological polar surface area (TPSA) is 113 Å². The maximum atomic E-state index is 13.3. The van der Waals surface area contributed by atoms with Crippen molar-refractivity contribution in [1.82, 2.24) is 25.8 Å². The highest BCUT2D eigenvalue weighted by Crippen LogP contribution is 2.33. The molecule has 3 amide bonds. The summed E-state index contributed by atoms with van der Waals surface area (Å²) in [5, 5.41) is 9.17. The highest BCUT2D eigenvalue weighted by Gasteiger charge is 2.39. The normalized spacial score (nSPS) is 26.1. The minimum atomic E-state index is -0.689. The summed E-state index contributed by atoms with van der Waals surface area (Å²) in [7, 11) is 1.65. The maximum absolute atomic E-state index is 13.3. The molecule has 2 aliphatic rings. The fraction of sp³-hybridized carbons (Fsp3) is 0.680. The summed E-state index contributed by atoms with van der Waals surface area (Å²) < 4.78 is 5.96. The molecule has 1 aromatic heterocycles. The minimum Gasteiger partial charge on any atom is -0.490 e. The van der Waals surface area contributed by atoms with Crippen LogP contribution in [0.25, 0.3) is 0 Å². The smallest absolute Gasteiger partial charge is 0.243 e. The Morgan fingerprint density at radius 2 is 1.94 bits per heavy atom. The second-order valence-corrected chi connectivity index (χ2v) is 9.78. The predicted molar refractivity (Wildman–Crippen MR) is 129 cm³/mol. The summed E-state index contributed by atoms with van der Waals surface area (Å²) in [6.45, 7) is 7.12. The number of aryl methyl sites for hydroxylation is 1. The molecule has 1 aliphatic carbocycles. The molecular weight excluding hydrogens is 434 g/mol. The van der Waals surface area contributed by atoms with Crippen LogP contribution >= 0.6 is 0 Å². The van der Waals surface area contributed by atoms with E-state index in [9.17, 15) is 14.4 Å². The van der Waals surface area contributed by atoms with Gasteiger partial charge >= 0.3 is 0 Å². The van der Waals surface area contributed by atoms with Crippen molar-refractivity contribution in [2.75, 3.05) is 26.7 Å². The molecule has 0 spiro atoms. The number of rotatable bonds is 3. The fourth-order valence-corrected chi connectivity index (χ4v) is 4.17. The number of likely N-dealkylation sites (N-methyl/N-ethyl adjacent to an activating group) is 1. The highest BCUT2D eigenvalue weighted by molar-refractivity contribution is 5.93. The van der Waals surface area contributed by atoms with Crippen LogP contribution in [0.2, 0.25) is 0 Å². The van der Waals surface area contributed by atoms with Gasteiger partial charge in [-0.25, -0.2) is 0 Å². The molecule has 2 heterocycles. The van der Waals surface area contributed by atoms with Crippen LogP contribution in [0.3, 0.4) is 0 Å². The van der Waals surface area contributed by atoms with Gasteiger partial charge in [-0.2, -0.15) is 0 Å². The SMILES string of the molecule is CC(C)C[C@H]1NC(=O)[C@@H](C)N(C)C(=O)[C@H](C2CC2)NCCOc2cccnc2CCCNC1=O. The van der Waals surface area contributed by atoms with Crippen LogP contribution in [0.4, 0.5) is 0 Å². The van der Waals surface area contributed by atoms with Crippen LogP contribution in [0.15, 0.2) is 18.3 Å². The van der Waals surface area contributed by atoms with E-state index in [0.29, 0.717) is 39.0 Å². The Morgan fingerprint density at radius 1 is 1.18 bits per heavy atom.